The van der Waals surface area contributed by atoms with Gasteiger partial charge in [-0.3, -0.25) is 0 Å². The molecule has 3 aromatic carbocycles. The molecule has 3 heteroatoms. The molecule has 0 spiro atoms. The Morgan fingerprint density at radius 3 is 2.03 bits per heavy atom. The third-order valence-corrected chi connectivity index (χ3v) is 5.94. The lowest BCUT2D eigenvalue weighted by atomic mass is 9.90. The number of nitrogens with one attached hydrogen (secondary N) is 1. The molecule has 4 N–H and O–H groups in total. The average Bonchev–Trinajstić information content (AvgIpc) is 2.69. The molecule has 0 aliphatic rings. The first kappa shape index (κ1) is 22.7. The van der Waals surface area contributed by atoms with Crippen molar-refractivity contribution in [1.82, 2.24) is 0 Å². The highest BCUT2D eigenvalue weighted by atomic mass is 16.3. The second-order valence-corrected chi connectivity index (χ2v) is 9.30. The maximum atomic E-state index is 9.74. The fourth-order valence-electron chi connectivity index (χ4n) is 4.27. The Kier molecular flexibility index (Phi) is 6.94. The minimum atomic E-state index is 0.301. The van der Waals surface area contributed by atoms with Crippen molar-refractivity contribution in [2.24, 2.45) is 0 Å². The molecule has 0 amide bonds. The van der Waals surface area contributed by atoms with E-state index < -0.39 is 0 Å². The summed E-state index contributed by atoms with van der Waals surface area (Å²) in [5, 5.41) is 13.3. The van der Waals surface area contributed by atoms with Gasteiger partial charge in [-0.25, -0.2) is 0 Å². The van der Waals surface area contributed by atoms with Crippen LogP contribution in [0, 0.1) is 13.8 Å². The predicted molar refractivity (Wildman–Crippen MR) is 133 cm³/mol. The molecule has 0 saturated heterocycles. The van der Waals surface area contributed by atoms with Crippen molar-refractivity contribution in [1.29, 1.82) is 0 Å². The maximum Gasteiger partial charge on any atom is 0.115 e. The molecule has 0 heterocycles. The number of phenolic OH excluding ortho intramolecular Hbond substituents is 1. The number of hydrogen-bond donors (Lipinski definition) is 3. The molecule has 3 rings (SSSR count). The van der Waals surface area contributed by atoms with Crippen LogP contribution in [-0.4, -0.2) is 5.11 Å². The summed E-state index contributed by atoms with van der Waals surface area (Å²) in [5.41, 5.74) is 17.1. The molecule has 164 valence electrons. The smallest absolute Gasteiger partial charge is 0.115 e. The summed E-state index contributed by atoms with van der Waals surface area (Å²) in [6.45, 7) is 13.8. The van der Waals surface area contributed by atoms with Crippen LogP contribution < -0.4 is 11.1 Å². The number of rotatable bonds is 7. The number of anilines is 2. The van der Waals surface area contributed by atoms with Crippen molar-refractivity contribution >= 4 is 11.4 Å². The number of hydrogen-bond acceptors (Lipinski definition) is 3. The summed E-state index contributed by atoms with van der Waals surface area (Å²) in [6.07, 6.45) is 0.897. The van der Waals surface area contributed by atoms with Crippen LogP contribution in [-0.2, 0) is 13.0 Å². The van der Waals surface area contributed by atoms with Gasteiger partial charge in [-0.1, -0.05) is 64.1 Å². The molecule has 0 atom stereocenters. The first-order valence-corrected chi connectivity index (χ1v) is 11.2. The van der Waals surface area contributed by atoms with Gasteiger partial charge in [-0.2, -0.15) is 0 Å². The Bertz CT molecular complexity index is 1070. The average molecular weight is 417 g/mol. The number of phenols is 1. The highest BCUT2D eigenvalue weighted by molar-refractivity contribution is 5.61. The van der Waals surface area contributed by atoms with Crippen LogP contribution >= 0.6 is 0 Å². The molecule has 0 unspecified atom stereocenters. The fraction of sp³-hybridized carbons (Fsp3) is 0.357. The Labute approximate surface area is 187 Å². The quantitative estimate of drug-likeness (QED) is 0.362. The zero-order valence-corrected chi connectivity index (χ0v) is 19.7. The molecule has 31 heavy (non-hydrogen) atoms. The highest BCUT2D eigenvalue weighted by Gasteiger charge is 2.14. The lowest BCUT2D eigenvalue weighted by Gasteiger charge is -2.20. The zero-order chi connectivity index (χ0) is 22.7. The highest BCUT2D eigenvalue weighted by Crippen LogP contribution is 2.32. The van der Waals surface area contributed by atoms with Crippen LogP contribution in [0.4, 0.5) is 11.4 Å². The van der Waals surface area contributed by atoms with Crippen molar-refractivity contribution in [3.8, 4) is 5.75 Å². The maximum absolute atomic E-state index is 9.74. The Balaban J connectivity index is 1.90. The lowest BCUT2D eigenvalue weighted by Crippen LogP contribution is -2.07. The van der Waals surface area contributed by atoms with E-state index in [9.17, 15) is 5.11 Å². The van der Waals surface area contributed by atoms with E-state index in [1.54, 1.807) is 6.07 Å². The first-order valence-electron chi connectivity index (χ1n) is 11.2. The molecule has 3 aromatic rings. The van der Waals surface area contributed by atoms with Gasteiger partial charge in [-0.05, 0) is 83.2 Å². The Morgan fingerprint density at radius 1 is 0.806 bits per heavy atom. The SMILES string of the molecule is Cc1cc(Cc2cc(C)c(NCc3cccc(O)c3)c(C(C)C)c2)cc(C(C)C)c1N. The van der Waals surface area contributed by atoms with E-state index in [4.69, 9.17) is 5.73 Å². The summed E-state index contributed by atoms with van der Waals surface area (Å²) in [6, 6.07) is 16.5. The molecule has 0 aromatic heterocycles. The van der Waals surface area contributed by atoms with Crippen LogP contribution in [0.3, 0.4) is 0 Å². The normalized spacial score (nSPS) is 11.4. The van der Waals surface area contributed by atoms with Gasteiger partial charge in [0, 0.05) is 17.9 Å². The topological polar surface area (TPSA) is 58.3 Å². The summed E-state index contributed by atoms with van der Waals surface area (Å²) in [4.78, 5) is 0. The molecule has 0 bridgehead atoms. The largest absolute Gasteiger partial charge is 0.508 e. The molecule has 0 fully saturated rings. The number of nitrogen functional groups attached to an aromatic ring is 1. The van der Waals surface area contributed by atoms with E-state index in [-0.39, 0.29) is 0 Å². The Morgan fingerprint density at radius 2 is 1.42 bits per heavy atom. The van der Waals surface area contributed by atoms with Crippen LogP contribution in [0.25, 0.3) is 0 Å². The van der Waals surface area contributed by atoms with Gasteiger partial charge in [-0.15, -0.1) is 0 Å². The Hall–Kier alpha value is -2.94. The third-order valence-electron chi connectivity index (χ3n) is 5.94. The van der Waals surface area contributed by atoms with Crippen molar-refractivity contribution in [3.05, 3.63) is 87.5 Å². The van der Waals surface area contributed by atoms with E-state index in [0.717, 1.165) is 23.2 Å². The fourth-order valence-corrected chi connectivity index (χ4v) is 4.27. The summed E-state index contributed by atoms with van der Waals surface area (Å²) >= 11 is 0. The van der Waals surface area contributed by atoms with E-state index in [2.05, 4.69) is 71.1 Å². The molecular weight excluding hydrogens is 380 g/mol. The van der Waals surface area contributed by atoms with Gasteiger partial charge >= 0.3 is 0 Å². The van der Waals surface area contributed by atoms with Crippen molar-refractivity contribution in [2.75, 3.05) is 11.1 Å². The van der Waals surface area contributed by atoms with Gasteiger partial charge in [0.15, 0.2) is 0 Å². The van der Waals surface area contributed by atoms with Crippen molar-refractivity contribution < 1.29 is 5.11 Å². The molecule has 0 radical (unpaired) electrons. The van der Waals surface area contributed by atoms with E-state index >= 15 is 0 Å². The van der Waals surface area contributed by atoms with Gasteiger partial charge in [0.2, 0.25) is 0 Å². The predicted octanol–water partition coefficient (Wildman–Crippen LogP) is 7.04. The number of aryl methyl sites for hydroxylation is 2. The summed E-state index contributed by atoms with van der Waals surface area (Å²) in [7, 11) is 0. The second kappa shape index (κ2) is 9.47. The number of aromatic hydroxyl groups is 1. The van der Waals surface area contributed by atoms with E-state index in [1.165, 1.54) is 33.5 Å². The standard InChI is InChI=1S/C28H36N2O/c1-17(2)25-14-22(10-19(5)27(25)29)12-23-11-20(6)28(26(15-23)18(3)4)30-16-21-8-7-9-24(31)13-21/h7-11,13-15,17-18,30-31H,12,16,29H2,1-6H3. The minimum Gasteiger partial charge on any atom is -0.508 e. The van der Waals surface area contributed by atoms with Crippen molar-refractivity contribution in [3.63, 3.8) is 0 Å². The van der Waals surface area contributed by atoms with Gasteiger partial charge in [0.1, 0.15) is 5.75 Å². The van der Waals surface area contributed by atoms with Crippen LogP contribution in [0.2, 0.25) is 0 Å². The molecule has 0 saturated carbocycles. The van der Waals surface area contributed by atoms with Gasteiger partial charge in [0.25, 0.3) is 0 Å². The minimum absolute atomic E-state index is 0.301. The van der Waals surface area contributed by atoms with Gasteiger partial charge in [0.05, 0.1) is 0 Å². The monoisotopic (exact) mass is 416 g/mol. The summed E-state index contributed by atoms with van der Waals surface area (Å²) in [5.74, 6) is 1.12. The van der Waals surface area contributed by atoms with E-state index in [0.29, 0.717) is 24.1 Å². The zero-order valence-electron chi connectivity index (χ0n) is 19.7. The molecule has 0 aliphatic carbocycles. The van der Waals surface area contributed by atoms with Crippen LogP contribution in [0.15, 0.2) is 48.5 Å². The van der Waals surface area contributed by atoms with Gasteiger partial charge < -0.3 is 16.2 Å². The second-order valence-electron chi connectivity index (χ2n) is 9.30. The van der Waals surface area contributed by atoms with Crippen LogP contribution in [0.1, 0.15) is 78.5 Å². The molecular formula is C28H36N2O. The number of benzene rings is 3. The number of nitrogens with two attached hydrogens (primary N) is 1. The van der Waals surface area contributed by atoms with Crippen molar-refractivity contribution in [2.45, 2.75) is 66.3 Å². The summed E-state index contributed by atoms with van der Waals surface area (Å²) < 4.78 is 0. The van der Waals surface area contributed by atoms with Crippen LogP contribution in [0.5, 0.6) is 5.75 Å². The first-order chi connectivity index (χ1) is 14.7. The molecule has 3 nitrogen and oxygen atoms in total. The molecule has 0 aliphatic heterocycles. The van der Waals surface area contributed by atoms with E-state index in [1.807, 2.05) is 18.2 Å². The lowest BCUT2D eigenvalue weighted by molar-refractivity contribution is 0.474. The third kappa shape index (κ3) is 5.41.